The van der Waals surface area contributed by atoms with Crippen molar-refractivity contribution in [1.29, 1.82) is 0 Å². The smallest absolute Gasteiger partial charge is 0.320 e. The van der Waals surface area contributed by atoms with Crippen molar-refractivity contribution in [2.75, 3.05) is 0 Å². The van der Waals surface area contributed by atoms with Crippen LogP contribution in [0.15, 0.2) is 12.2 Å². The van der Waals surface area contributed by atoms with Crippen LogP contribution in [0.25, 0.3) is 0 Å². The summed E-state index contributed by atoms with van der Waals surface area (Å²) in [4.78, 5) is 20.1. The molecule has 1 unspecified atom stereocenters. The molecule has 0 radical (unpaired) electrons. The first kappa shape index (κ1) is 10.6. The van der Waals surface area contributed by atoms with E-state index >= 15 is 0 Å². The lowest BCUT2D eigenvalue weighted by Gasteiger charge is -1.99. The van der Waals surface area contributed by atoms with Crippen molar-refractivity contribution >= 4 is 11.9 Å². The van der Waals surface area contributed by atoms with Crippen LogP contribution in [0.3, 0.4) is 0 Å². The van der Waals surface area contributed by atoms with E-state index in [4.69, 9.17) is 15.9 Å². The summed E-state index contributed by atoms with van der Waals surface area (Å²) in [5.74, 6) is -2.04. The number of aliphatic carboxylic acids is 2. The maximum Gasteiger partial charge on any atom is 0.320 e. The first-order valence-corrected chi connectivity index (χ1v) is 3.39. The van der Waals surface area contributed by atoms with Crippen LogP contribution in [0.1, 0.15) is 12.8 Å². The first-order chi connectivity index (χ1) is 5.54. The summed E-state index contributed by atoms with van der Waals surface area (Å²) >= 11 is 0. The highest BCUT2D eigenvalue weighted by Gasteiger charge is 2.07. The summed E-state index contributed by atoms with van der Waals surface area (Å²) in [5, 5.41) is 16.5. The number of carboxylic acids is 2. The van der Waals surface area contributed by atoms with Crippen LogP contribution in [0.2, 0.25) is 0 Å². The Balaban J connectivity index is 3.60. The minimum atomic E-state index is -1.09. The third-order valence-electron chi connectivity index (χ3n) is 1.17. The molecule has 0 aliphatic rings. The first-order valence-electron chi connectivity index (χ1n) is 3.39. The summed E-state index contributed by atoms with van der Waals surface area (Å²) < 4.78 is 0. The molecule has 5 heteroatoms. The molecule has 0 aliphatic carbocycles. The molecule has 0 saturated heterocycles. The van der Waals surface area contributed by atoms with Gasteiger partial charge in [0.2, 0.25) is 0 Å². The standard InChI is InChI=1S/C7H11NO4/c8-5(7(11)12)3-1-2-4-6(9)10/h1-2,5H,3-4,8H2,(H,9,10)(H,11,12)/b2-1+. The van der Waals surface area contributed by atoms with Gasteiger partial charge in [-0.1, -0.05) is 12.2 Å². The fraction of sp³-hybridized carbons (Fsp3) is 0.429. The molecule has 0 aromatic rings. The third kappa shape index (κ3) is 5.43. The molecular formula is C7H11NO4. The molecule has 0 saturated carbocycles. The van der Waals surface area contributed by atoms with E-state index in [2.05, 4.69) is 0 Å². The van der Waals surface area contributed by atoms with Crippen LogP contribution < -0.4 is 5.73 Å². The minimum Gasteiger partial charge on any atom is -0.481 e. The maximum atomic E-state index is 10.2. The SMILES string of the molecule is NC(C/C=C/CC(=O)O)C(=O)O. The monoisotopic (exact) mass is 173 g/mol. The van der Waals surface area contributed by atoms with E-state index in [1.807, 2.05) is 0 Å². The predicted molar refractivity (Wildman–Crippen MR) is 41.6 cm³/mol. The van der Waals surface area contributed by atoms with Crippen molar-refractivity contribution in [3.63, 3.8) is 0 Å². The number of nitrogens with two attached hydrogens (primary N) is 1. The quantitative estimate of drug-likeness (QED) is 0.500. The molecule has 0 aromatic carbocycles. The van der Waals surface area contributed by atoms with Crippen LogP contribution in [-0.2, 0) is 9.59 Å². The molecule has 0 aromatic heterocycles. The molecule has 0 spiro atoms. The van der Waals surface area contributed by atoms with Crippen LogP contribution in [0, 0.1) is 0 Å². The second-order valence-corrected chi connectivity index (χ2v) is 2.25. The minimum absolute atomic E-state index is 0.105. The van der Waals surface area contributed by atoms with Gasteiger partial charge in [-0.25, -0.2) is 0 Å². The van der Waals surface area contributed by atoms with Crippen LogP contribution >= 0.6 is 0 Å². The third-order valence-corrected chi connectivity index (χ3v) is 1.17. The Morgan fingerprint density at radius 3 is 2.33 bits per heavy atom. The van der Waals surface area contributed by atoms with Gasteiger partial charge in [-0.3, -0.25) is 9.59 Å². The van der Waals surface area contributed by atoms with Crippen LogP contribution in [0.4, 0.5) is 0 Å². The second kappa shape index (κ2) is 5.31. The van der Waals surface area contributed by atoms with E-state index in [1.165, 1.54) is 12.2 Å². The van der Waals surface area contributed by atoms with Crippen molar-refractivity contribution in [2.45, 2.75) is 18.9 Å². The highest BCUT2D eigenvalue weighted by Crippen LogP contribution is 1.92. The number of hydrogen-bond donors (Lipinski definition) is 3. The van der Waals surface area contributed by atoms with Gasteiger partial charge >= 0.3 is 11.9 Å². The molecule has 0 aliphatic heterocycles. The molecule has 1 atom stereocenters. The average Bonchev–Trinajstić information content (AvgIpc) is 1.97. The Morgan fingerprint density at radius 1 is 1.33 bits per heavy atom. The zero-order valence-electron chi connectivity index (χ0n) is 6.43. The zero-order valence-corrected chi connectivity index (χ0v) is 6.43. The molecule has 0 rings (SSSR count). The van der Waals surface area contributed by atoms with E-state index < -0.39 is 18.0 Å². The zero-order chi connectivity index (χ0) is 9.56. The highest BCUT2D eigenvalue weighted by molar-refractivity contribution is 5.73. The summed E-state index contributed by atoms with van der Waals surface area (Å²) in [6.07, 6.45) is 2.88. The molecular weight excluding hydrogens is 162 g/mol. The summed E-state index contributed by atoms with van der Waals surface area (Å²) in [7, 11) is 0. The van der Waals surface area contributed by atoms with E-state index in [1.54, 1.807) is 0 Å². The topological polar surface area (TPSA) is 101 Å². The largest absolute Gasteiger partial charge is 0.481 e. The average molecular weight is 173 g/mol. The summed E-state index contributed by atoms with van der Waals surface area (Å²) in [5.41, 5.74) is 5.14. The van der Waals surface area contributed by atoms with Gasteiger partial charge in [-0.2, -0.15) is 0 Å². The van der Waals surface area contributed by atoms with Crippen molar-refractivity contribution < 1.29 is 19.8 Å². The Bertz CT molecular complexity index is 200. The molecule has 0 fully saturated rings. The van der Waals surface area contributed by atoms with Crippen LogP contribution in [0.5, 0.6) is 0 Å². The van der Waals surface area contributed by atoms with Gasteiger partial charge < -0.3 is 15.9 Å². The second-order valence-electron chi connectivity index (χ2n) is 2.25. The Hall–Kier alpha value is -1.36. The van der Waals surface area contributed by atoms with Crippen molar-refractivity contribution in [3.8, 4) is 0 Å². The van der Waals surface area contributed by atoms with Gasteiger partial charge in [0.15, 0.2) is 0 Å². The Labute approximate surface area is 69.5 Å². The molecule has 0 amide bonds. The van der Waals surface area contributed by atoms with Gasteiger partial charge in [0.1, 0.15) is 6.04 Å². The fourth-order valence-electron chi connectivity index (χ4n) is 0.528. The Morgan fingerprint density at radius 2 is 1.92 bits per heavy atom. The number of carboxylic acid groups (broad SMARTS) is 2. The van der Waals surface area contributed by atoms with E-state index in [0.29, 0.717) is 0 Å². The van der Waals surface area contributed by atoms with E-state index in [9.17, 15) is 9.59 Å². The highest BCUT2D eigenvalue weighted by atomic mass is 16.4. The predicted octanol–water partition coefficient (Wildman–Crippen LogP) is -0.181. The van der Waals surface area contributed by atoms with E-state index in [-0.39, 0.29) is 12.8 Å². The van der Waals surface area contributed by atoms with Gasteiger partial charge in [-0.15, -0.1) is 0 Å². The lowest BCUT2D eigenvalue weighted by molar-refractivity contribution is -0.138. The molecule has 4 N–H and O–H groups in total. The molecule has 5 nitrogen and oxygen atoms in total. The van der Waals surface area contributed by atoms with E-state index in [0.717, 1.165) is 0 Å². The lowest BCUT2D eigenvalue weighted by atomic mass is 10.2. The number of rotatable bonds is 5. The lowest BCUT2D eigenvalue weighted by Crippen LogP contribution is -2.29. The fourth-order valence-corrected chi connectivity index (χ4v) is 0.528. The Kier molecular flexibility index (Phi) is 4.71. The summed E-state index contributed by atoms with van der Waals surface area (Å²) in [6.45, 7) is 0. The summed E-state index contributed by atoms with van der Waals surface area (Å²) in [6, 6.07) is -0.949. The molecule has 12 heavy (non-hydrogen) atoms. The van der Waals surface area contributed by atoms with Gasteiger partial charge in [0, 0.05) is 0 Å². The van der Waals surface area contributed by atoms with Crippen molar-refractivity contribution in [1.82, 2.24) is 0 Å². The normalized spacial score (nSPS) is 13.1. The molecule has 0 heterocycles. The van der Waals surface area contributed by atoms with Gasteiger partial charge in [-0.05, 0) is 6.42 Å². The molecule has 68 valence electrons. The molecule has 0 bridgehead atoms. The van der Waals surface area contributed by atoms with Crippen molar-refractivity contribution in [3.05, 3.63) is 12.2 Å². The van der Waals surface area contributed by atoms with Gasteiger partial charge in [0.25, 0.3) is 0 Å². The van der Waals surface area contributed by atoms with Crippen molar-refractivity contribution in [2.24, 2.45) is 5.73 Å². The maximum absolute atomic E-state index is 10.2. The number of carbonyl (C=O) groups is 2. The number of hydrogen-bond acceptors (Lipinski definition) is 3. The van der Waals surface area contributed by atoms with Gasteiger partial charge in [0.05, 0.1) is 6.42 Å². The van der Waals surface area contributed by atoms with Crippen LogP contribution in [-0.4, -0.2) is 28.2 Å².